The first-order valence-corrected chi connectivity index (χ1v) is 13.7. The number of halogens is 2. The Balaban J connectivity index is 1.54. The summed E-state index contributed by atoms with van der Waals surface area (Å²) in [5, 5.41) is 7.56. The molecule has 0 saturated heterocycles. The van der Waals surface area contributed by atoms with Crippen molar-refractivity contribution < 1.29 is 13.3 Å². The van der Waals surface area contributed by atoms with Gasteiger partial charge in [0.15, 0.2) is 5.84 Å². The number of imidazole rings is 1. The average Bonchev–Trinajstić information content (AvgIpc) is 3.29. The maximum atomic E-state index is 15.2. The molecular formula is C25H21F2N6OP. The molecule has 2 aliphatic rings. The molecule has 2 atom stereocenters. The van der Waals surface area contributed by atoms with E-state index in [1.54, 1.807) is 37.6 Å². The number of rotatable bonds is 2. The topological polar surface area (TPSA) is 98.0 Å². The molecule has 0 aliphatic carbocycles. The molecule has 1 aromatic heterocycles. The van der Waals surface area contributed by atoms with E-state index in [0.29, 0.717) is 28.9 Å². The molecule has 0 saturated carbocycles. The van der Waals surface area contributed by atoms with E-state index in [9.17, 15) is 8.96 Å². The standard InChI is InChI=1S/C25H21F2N6OP/c1-35(2,34)22-9-7-13(10-17(22)27)14-6-8-18-20(11-14)33-21-12-19(25(33)30-18)29-24(31-32-28)15-4-3-5-16(26)23(15)21/h3-11,19,21H,12H2,1-2H3,(H2,28,29,31). The molecule has 35 heavy (non-hydrogen) atoms. The fraction of sp³-hybridized carbons (Fsp3) is 0.200. The van der Waals surface area contributed by atoms with Gasteiger partial charge in [-0.3, -0.25) is 4.99 Å². The van der Waals surface area contributed by atoms with Crippen LogP contribution in [0.3, 0.4) is 0 Å². The van der Waals surface area contributed by atoms with Gasteiger partial charge in [0.2, 0.25) is 0 Å². The second-order valence-corrected chi connectivity index (χ2v) is 12.4. The molecule has 2 unspecified atom stereocenters. The van der Waals surface area contributed by atoms with E-state index in [4.69, 9.17) is 15.8 Å². The molecular weight excluding hydrogens is 469 g/mol. The molecule has 2 N–H and O–H groups in total. The van der Waals surface area contributed by atoms with Crippen LogP contribution in [0.5, 0.6) is 0 Å². The Morgan fingerprint density at radius 3 is 2.57 bits per heavy atom. The molecule has 0 spiro atoms. The SMILES string of the molecule is CP(C)(=O)c1ccc(-c2ccc3nc4n(c3c2)C2CC4N=C(N=NN)c3cccc(F)c32)cc1F. The fourth-order valence-corrected chi connectivity index (χ4v) is 6.19. The minimum Gasteiger partial charge on any atom is -0.319 e. The van der Waals surface area contributed by atoms with E-state index in [0.717, 1.165) is 16.6 Å². The zero-order valence-corrected chi connectivity index (χ0v) is 19.9. The third-order valence-corrected chi connectivity index (χ3v) is 8.21. The largest absolute Gasteiger partial charge is 0.319 e. The van der Waals surface area contributed by atoms with Crippen molar-refractivity contribution in [3.63, 3.8) is 0 Å². The summed E-state index contributed by atoms with van der Waals surface area (Å²) in [5.41, 5.74) is 4.00. The lowest BCUT2D eigenvalue weighted by Crippen LogP contribution is -2.14. The highest BCUT2D eigenvalue weighted by molar-refractivity contribution is 7.70. The van der Waals surface area contributed by atoms with E-state index in [-0.39, 0.29) is 29.0 Å². The van der Waals surface area contributed by atoms with E-state index < -0.39 is 13.0 Å². The Hall–Kier alpha value is -3.71. The van der Waals surface area contributed by atoms with Crippen molar-refractivity contribution in [2.24, 2.45) is 21.2 Å². The molecule has 6 rings (SSSR count). The van der Waals surface area contributed by atoms with Gasteiger partial charge in [-0.25, -0.2) is 13.8 Å². The second-order valence-electron chi connectivity index (χ2n) is 9.20. The molecule has 2 bridgehead atoms. The minimum atomic E-state index is -2.73. The Morgan fingerprint density at radius 1 is 1.06 bits per heavy atom. The molecule has 0 fully saturated rings. The van der Waals surface area contributed by atoms with Gasteiger partial charge in [0, 0.05) is 22.9 Å². The van der Waals surface area contributed by atoms with Crippen molar-refractivity contribution >= 4 is 29.3 Å². The lowest BCUT2D eigenvalue weighted by molar-refractivity contribution is 0.544. The van der Waals surface area contributed by atoms with Gasteiger partial charge in [0.1, 0.15) is 30.6 Å². The highest BCUT2D eigenvalue weighted by atomic mass is 31.2. The third kappa shape index (κ3) is 3.33. The molecule has 2 aliphatic heterocycles. The first-order valence-electron chi connectivity index (χ1n) is 11.1. The number of hydrogen-bond donors (Lipinski definition) is 1. The predicted octanol–water partition coefficient (Wildman–Crippen LogP) is 5.35. The van der Waals surface area contributed by atoms with Crippen LogP contribution in [0.25, 0.3) is 22.2 Å². The number of nitrogens with zero attached hydrogens (tertiary/aromatic N) is 5. The summed E-state index contributed by atoms with van der Waals surface area (Å²) in [7, 11) is -2.73. The lowest BCUT2D eigenvalue weighted by atomic mass is 9.97. The van der Waals surface area contributed by atoms with Crippen LogP contribution in [0.15, 0.2) is 69.9 Å². The van der Waals surface area contributed by atoms with Crippen LogP contribution in [0, 0.1) is 11.6 Å². The predicted molar refractivity (Wildman–Crippen MR) is 132 cm³/mol. The summed E-state index contributed by atoms with van der Waals surface area (Å²) >= 11 is 0. The fourth-order valence-electron chi connectivity index (χ4n) is 5.18. The molecule has 3 heterocycles. The Bertz CT molecular complexity index is 1640. The second kappa shape index (κ2) is 7.65. The number of benzene rings is 3. The summed E-state index contributed by atoms with van der Waals surface area (Å²) in [4.78, 5) is 9.51. The van der Waals surface area contributed by atoms with Gasteiger partial charge in [0.05, 0.1) is 17.1 Å². The van der Waals surface area contributed by atoms with Crippen LogP contribution < -0.4 is 11.1 Å². The molecule has 4 aromatic rings. The van der Waals surface area contributed by atoms with Crippen LogP contribution in [0.2, 0.25) is 0 Å². The lowest BCUT2D eigenvalue weighted by Gasteiger charge is -2.18. The molecule has 10 heteroatoms. The minimum absolute atomic E-state index is 0.230. The number of fused-ring (bicyclic) bond motifs is 9. The van der Waals surface area contributed by atoms with E-state index in [1.807, 2.05) is 22.8 Å². The normalized spacial score (nSPS) is 19.0. The van der Waals surface area contributed by atoms with Crippen LogP contribution in [-0.4, -0.2) is 28.7 Å². The first-order chi connectivity index (χ1) is 16.8. The molecule has 0 amide bonds. The average molecular weight is 490 g/mol. The smallest absolute Gasteiger partial charge is 0.180 e. The number of aliphatic imine (C=N–C) groups is 1. The number of amidine groups is 1. The molecule has 7 nitrogen and oxygen atoms in total. The maximum Gasteiger partial charge on any atom is 0.180 e. The van der Waals surface area contributed by atoms with Crippen molar-refractivity contribution in [3.8, 4) is 11.1 Å². The number of aromatic nitrogens is 2. The highest BCUT2D eigenvalue weighted by Crippen LogP contribution is 2.47. The maximum absolute atomic E-state index is 15.2. The summed E-state index contributed by atoms with van der Waals surface area (Å²) < 4.78 is 44.3. The van der Waals surface area contributed by atoms with Gasteiger partial charge in [-0.05, 0) is 54.8 Å². The first kappa shape index (κ1) is 21.8. The Morgan fingerprint density at radius 2 is 1.83 bits per heavy atom. The zero-order valence-electron chi connectivity index (χ0n) is 19.0. The molecule has 176 valence electrons. The van der Waals surface area contributed by atoms with Gasteiger partial charge in [-0.1, -0.05) is 29.5 Å². The molecule has 0 radical (unpaired) electrons. The van der Waals surface area contributed by atoms with Crippen LogP contribution in [-0.2, 0) is 4.57 Å². The van der Waals surface area contributed by atoms with E-state index in [2.05, 4.69) is 10.3 Å². The van der Waals surface area contributed by atoms with Crippen LogP contribution in [0.1, 0.15) is 35.5 Å². The Labute approximate surface area is 199 Å². The van der Waals surface area contributed by atoms with Crippen molar-refractivity contribution in [2.75, 3.05) is 13.3 Å². The Kier molecular flexibility index (Phi) is 4.76. The van der Waals surface area contributed by atoms with Crippen LogP contribution >= 0.6 is 7.14 Å². The van der Waals surface area contributed by atoms with Gasteiger partial charge >= 0.3 is 0 Å². The monoisotopic (exact) mass is 490 g/mol. The summed E-state index contributed by atoms with van der Waals surface area (Å²) in [6.45, 7) is 3.10. The van der Waals surface area contributed by atoms with Gasteiger partial charge in [-0.2, -0.15) is 0 Å². The van der Waals surface area contributed by atoms with Crippen molar-refractivity contribution in [1.29, 1.82) is 0 Å². The van der Waals surface area contributed by atoms with Gasteiger partial charge in [-0.15, -0.1) is 5.11 Å². The van der Waals surface area contributed by atoms with Gasteiger partial charge in [0.25, 0.3) is 0 Å². The molecule has 3 aromatic carbocycles. The van der Waals surface area contributed by atoms with Crippen LogP contribution in [0.4, 0.5) is 8.78 Å². The summed E-state index contributed by atoms with van der Waals surface area (Å²) in [6.07, 6.45) is 0.533. The zero-order chi connectivity index (χ0) is 24.5. The summed E-state index contributed by atoms with van der Waals surface area (Å²) in [6, 6.07) is 14.6. The van der Waals surface area contributed by atoms with E-state index >= 15 is 4.39 Å². The van der Waals surface area contributed by atoms with Crippen molar-refractivity contribution in [1.82, 2.24) is 9.55 Å². The third-order valence-electron chi connectivity index (χ3n) is 6.69. The van der Waals surface area contributed by atoms with Gasteiger partial charge < -0.3 is 15.0 Å². The highest BCUT2D eigenvalue weighted by Gasteiger charge is 2.40. The summed E-state index contributed by atoms with van der Waals surface area (Å²) in [5.74, 6) is 5.44. The van der Waals surface area contributed by atoms with E-state index in [1.165, 1.54) is 12.1 Å². The van der Waals surface area contributed by atoms with Crippen molar-refractivity contribution in [2.45, 2.75) is 18.5 Å². The number of nitrogens with two attached hydrogens (primary N) is 1. The quantitative estimate of drug-likeness (QED) is 0.178. The van der Waals surface area contributed by atoms with Crippen molar-refractivity contribution in [3.05, 3.63) is 83.2 Å². The number of hydrogen-bond acceptors (Lipinski definition) is 5.